The Morgan fingerprint density at radius 2 is 1.43 bits per heavy atom. The number of hydrogen-bond donors (Lipinski definition) is 3. The Kier molecular flexibility index (Phi) is 21.1. The maximum atomic E-state index is 15.1. The molecule has 0 aromatic rings. The molecule has 0 bridgehead atoms. The van der Waals surface area contributed by atoms with E-state index in [0.29, 0.717) is 83.5 Å². The van der Waals surface area contributed by atoms with Crippen molar-refractivity contribution in [3.8, 4) is 0 Å². The number of ketones is 1. The Labute approximate surface area is 317 Å². The molecule has 0 aromatic heterocycles. The summed E-state index contributed by atoms with van der Waals surface area (Å²) in [4.78, 5) is 36.3. The third kappa shape index (κ3) is 16.0. The highest BCUT2D eigenvalue weighted by atomic mass is 19.1. The van der Waals surface area contributed by atoms with Crippen molar-refractivity contribution in [1.29, 1.82) is 0 Å². The van der Waals surface area contributed by atoms with Crippen LogP contribution in [-0.4, -0.2) is 50.3 Å². The zero-order valence-electron chi connectivity index (χ0n) is 32.3. The molecule has 0 spiro atoms. The summed E-state index contributed by atoms with van der Waals surface area (Å²) in [5, 5.41) is 30.1. The summed E-state index contributed by atoms with van der Waals surface area (Å²) in [6.07, 6.45) is 25.4. The first-order valence-corrected chi connectivity index (χ1v) is 20.0. The number of aliphatic carboxylic acids is 1. The largest absolute Gasteiger partial charge is 0.481 e. The zero-order valence-corrected chi connectivity index (χ0v) is 32.3. The van der Waals surface area contributed by atoms with E-state index in [0.717, 1.165) is 19.3 Å². The molecule has 7 nitrogen and oxygen atoms in total. The monoisotopic (exact) mass is 744 g/mol. The number of aliphatic hydroxyl groups is 2. The Morgan fingerprint density at radius 1 is 0.811 bits per heavy atom. The van der Waals surface area contributed by atoms with Crippen LogP contribution in [0.4, 0.5) is 8.78 Å². The molecule has 0 amide bonds. The molecule has 2 aliphatic rings. The van der Waals surface area contributed by atoms with Crippen molar-refractivity contribution in [3.63, 3.8) is 0 Å². The average molecular weight is 745 g/mol. The van der Waals surface area contributed by atoms with Gasteiger partial charge in [0.15, 0.2) is 5.60 Å². The third-order valence-corrected chi connectivity index (χ3v) is 11.0. The van der Waals surface area contributed by atoms with Gasteiger partial charge < -0.3 is 20.1 Å². The molecule has 2 fully saturated rings. The normalized spacial score (nSPS) is 24.4. The molecule has 0 aromatic carbocycles. The first-order valence-electron chi connectivity index (χ1n) is 20.0. The van der Waals surface area contributed by atoms with E-state index in [1.807, 2.05) is 62.5 Å². The molecule has 0 aliphatic heterocycles. The van der Waals surface area contributed by atoms with Gasteiger partial charge in [-0.1, -0.05) is 94.9 Å². The summed E-state index contributed by atoms with van der Waals surface area (Å²) in [6.45, 7) is 10.9. The molecule has 53 heavy (non-hydrogen) atoms. The molecule has 2 rings (SSSR count). The van der Waals surface area contributed by atoms with E-state index in [-0.39, 0.29) is 55.1 Å². The van der Waals surface area contributed by atoms with Gasteiger partial charge in [-0.2, -0.15) is 0 Å². The third-order valence-electron chi connectivity index (χ3n) is 11.0. The van der Waals surface area contributed by atoms with Gasteiger partial charge in [0.2, 0.25) is 0 Å². The topological polar surface area (TPSA) is 121 Å². The van der Waals surface area contributed by atoms with Crippen LogP contribution < -0.4 is 0 Å². The number of esters is 1. The summed E-state index contributed by atoms with van der Waals surface area (Å²) in [7, 11) is 0. The maximum Gasteiger partial charge on any atom is 0.306 e. The fraction of sp³-hybridized carbons (Fsp3) is 0.659. The van der Waals surface area contributed by atoms with Gasteiger partial charge in [-0.3, -0.25) is 14.4 Å². The van der Waals surface area contributed by atoms with E-state index in [9.17, 15) is 29.0 Å². The SMILES string of the molecule is C=C(F)C(O)(CC=C[C@H]1CC[C@H](O)[C@@H]1CC=CCCCC(=O)OC(C/C=C/[C@H]1CCC(=O)[C@@H]1C/C=C\CCCC(=O)O)(CCCC)C(=C)F)CCCC. The van der Waals surface area contributed by atoms with Gasteiger partial charge in [0.25, 0.3) is 0 Å². The fourth-order valence-corrected chi connectivity index (χ4v) is 7.50. The van der Waals surface area contributed by atoms with Crippen molar-refractivity contribution in [2.24, 2.45) is 23.7 Å². The molecular formula is C44H66F2O7. The number of carboxylic acid groups (broad SMARTS) is 1. The highest BCUT2D eigenvalue weighted by Gasteiger charge is 2.38. The van der Waals surface area contributed by atoms with Crippen LogP contribution >= 0.6 is 0 Å². The van der Waals surface area contributed by atoms with E-state index in [4.69, 9.17) is 9.84 Å². The van der Waals surface area contributed by atoms with Crippen molar-refractivity contribution >= 4 is 17.7 Å². The van der Waals surface area contributed by atoms with E-state index < -0.39 is 40.9 Å². The minimum Gasteiger partial charge on any atom is -0.481 e. The van der Waals surface area contributed by atoms with Crippen molar-refractivity contribution in [2.45, 2.75) is 160 Å². The van der Waals surface area contributed by atoms with E-state index in [2.05, 4.69) is 13.2 Å². The average Bonchev–Trinajstić information content (AvgIpc) is 3.65. The Balaban J connectivity index is 1.91. The van der Waals surface area contributed by atoms with Gasteiger partial charge in [-0.05, 0) is 94.8 Å². The number of carbonyl (C=O) groups excluding carboxylic acids is 2. The Bertz CT molecular complexity index is 1300. The van der Waals surface area contributed by atoms with Crippen LogP contribution in [0.15, 0.2) is 73.4 Å². The molecule has 2 aliphatic carbocycles. The second kappa shape index (κ2) is 24.3. The van der Waals surface area contributed by atoms with Crippen molar-refractivity contribution in [2.75, 3.05) is 0 Å². The lowest BCUT2D eigenvalue weighted by molar-refractivity contribution is -0.158. The summed E-state index contributed by atoms with van der Waals surface area (Å²) in [5.74, 6) is -2.59. The standard InChI is InChI=1S/C44H66F2O7/c1-5-7-29-43(52,33(3)45)30-17-19-35-25-27-39(47)37(35)22-14-10-12-16-24-42(51)53-44(34(4)46,31-8-6-2)32-18-20-36-26-28-40(48)38(36)21-13-9-11-15-23-41(49)50/h9-10,13-14,17-20,35-39,47,52H,3-8,11-12,15-16,21-32H2,1-2H3,(H,49,50)/b13-9-,14-10?,19-17?,20-18+/t35-,36-,37+,38+,39-,43?,44?/m0/s1. The van der Waals surface area contributed by atoms with Crippen LogP contribution in [0, 0.1) is 23.7 Å². The lowest BCUT2D eigenvalue weighted by Gasteiger charge is -2.31. The van der Waals surface area contributed by atoms with E-state index in [1.165, 1.54) is 0 Å². The number of carboxylic acids is 1. The van der Waals surface area contributed by atoms with Crippen molar-refractivity contribution in [3.05, 3.63) is 73.4 Å². The summed E-state index contributed by atoms with van der Waals surface area (Å²) < 4.78 is 35.0. The number of aliphatic hydroxyl groups excluding tert-OH is 1. The molecule has 0 heterocycles. The molecule has 0 saturated heterocycles. The number of Topliss-reactive ketones (excluding diaryl/α,β-unsaturated/α-hetero) is 1. The second-order valence-electron chi connectivity index (χ2n) is 15.1. The molecular weight excluding hydrogens is 678 g/mol. The Morgan fingerprint density at radius 3 is 2.08 bits per heavy atom. The molecule has 298 valence electrons. The van der Waals surface area contributed by atoms with Gasteiger partial charge in [-0.15, -0.1) is 0 Å². The number of carbonyl (C=O) groups is 3. The maximum absolute atomic E-state index is 15.1. The van der Waals surface area contributed by atoms with E-state index >= 15 is 4.39 Å². The lowest BCUT2D eigenvalue weighted by atomic mass is 9.88. The summed E-state index contributed by atoms with van der Waals surface area (Å²) in [5.41, 5.74) is -3.03. The number of allylic oxidation sites excluding steroid dienone is 6. The number of hydrogen-bond acceptors (Lipinski definition) is 6. The van der Waals surface area contributed by atoms with Crippen LogP contribution in [-0.2, 0) is 19.1 Å². The minimum atomic E-state index is -1.56. The number of halogens is 2. The summed E-state index contributed by atoms with van der Waals surface area (Å²) in [6, 6.07) is 0. The highest BCUT2D eigenvalue weighted by molar-refractivity contribution is 5.83. The van der Waals surface area contributed by atoms with Crippen molar-refractivity contribution in [1.82, 2.24) is 0 Å². The smallest absolute Gasteiger partial charge is 0.306 e. The van der Waals surface area contributed by atoms with Crippen molar-refractivity contribution < 1.29 is 43.2 Å². The fourth-order valence-electron chi connectivity index (χ4n) is 7.50. The molecule has 7 atom stereocenters. The Hall–Kier alpha value is -3.17. The van der Waals surface area contributed by atoms with Gasteiger partial charge in [0, 0.05) is 38.0 Å². The first-order chi connectivity index (χ1) is 25.3. The van der Waals surface area contributed by atoms with Crippen LogP contribution in [0.25, 0.3) is 0 Å². The minimum absolute atomic E-state index is 0.000513. The van der Waals surface area contributed by atoms with Gasteiger partial charge in [0.05, 0.1) is 6.10 Å². The first kappa shape index (κ1) is 46.0. The van der Waals surface area contributed by atoms with Crippen LogP contribution in [0.3, 0.4) is 0 Å². The van der Waals surface area contributed by atoms with Crippen LogP contribution in [0.2, 0.25) is 0 Å². The molecule has 2 saturated carbocycles. The predicted molar refractivity (Wildman–Crippen MR) is 207 cm³/mol. The van der Waals surface area contributed by atoms with Gasteiger partial charge in [-0.25, -0.2) is 8.78 Å². The summed E-state index contributed by atoms with van der Waals surface area (Å²) >= 11 is 0. The molecule has 2 unspecified atom stereocenters. The predicted octanol–water partition coefficient (Wildman–Crippen LogP) is 10.5. The zero-order chi connectivity index (χ0) is 39.3. The number of unbranched alkanes of at least 4 members (excludes halogenated alkanes) is 4. The van der Waals surface area contributed by atoms with Gasteiger partial charge >= 0.3 is 11.9 Å². The lowest BCUT2D eigenvalue weighted by Crippen LogP contribution is -2.35. The van der Waals surface area contributed by atoms with Gasteiger partial charge in [0.1, 0.15) is 23.0 Å². The quantitative estimate of drug-likeness (QED) is 0.0435. The molecule has 0 radical (unpaired) electrons. The molecule has 9 heteroatoms. The number of rotatable bonds is 27. The number of ether oxygens (including phenoxy) is 1. The van der Waals surface area contributed by atoms with Crippen LogP contribution in [0.5, 0.6) is 0 Å². The van der Waals surface area contributed by atoms with E-state index in [1.54, 1.807) is 0 Å². The molecule has 3 N–H and O–H groups in total. The second-order valence-corrected chi connectivity index (χ2v) is 15.1. The van der Waals surface area contributed by atoms with Crippen LogP contribution in [0.1, 0.15) is 142 Å². The highest BCUT2D eigenvalue weighted by Crippen LogP contribution is 2.38.